The molecule has 1 aliphatic rings. The molecule has 0 aromatic rings. The Kier molecular flexibility index (Phi) is 9.70. The van der Waals surface area contributed by atoms with E-state index in [0.29, 0.717) is 0 Å². The van der Waals surface area contributed by atoms with Crippen LogP contribution >= 0.6 is 12.4 Å². The SMILES string of the molecule is CC(C)(C)C(=O)C(O)[C@H]1O[C@H](O)[C@@](O)(C(=O)C(C)(C)C)[C@](O)(C(=O)C(C)(C)C)[C@@]1(O)C(=O)C(C)(C)C.Cl. The van der Waals surface area contributed by atoms with E-state index in [9.17, 15) is 44.7 Å². The van der Waals surface area contributed by atoms with Crippen molar-refractivity contribution in [3.05, 3.63) is 0 Å². The summed E-state index contributed by atoms with van der Waals surface area (Å²) in [6.45, 7) is 16.2. The Labute approximate surface area is 225 Å². The highest BCUT2D eigenvalue weighted by Crippen LogP contribution is 2.53. The summed E-state index contributed by atoms with van der Waals surface area (Å²) < 4.78 is 5.32. The minimum absolute atomic E-state index is 0. The first kappa shape index (κ1) is 35.7. The molecule has 0 aromatic heterocycles. The van der Waals surface area contributed by atoms with Crippen molar-refractivity contribution in [2.75, 3.05) is 0 Å². The van der Waals surface area contributed by atoms with Gasteiger partial charge < -0.3 is 30.3 Å². The van der Waals surface area contributed by atoms with Crippen molar-refractivity contribution in [1.29, 1.82) is 0 Å². The summed E-state index contributed by atoms with van der Waals surface area (Å²) in [6.07, 6.45) is -7.47. The molecule has 216 valence electrons. The lowest BCUT2D eigenvalue weighted by Gasteiger charge is -2.60. The molecule has 10 nitrogen and oxygen atoms in total. The lowest BCUT2D eigenvalue weighted by atomic mass is 9.52. The summed E-state index contributed by atoms with van der Waals surface area (Å²) in [5.41, 5.74) is -16.8. The summed E-state index contributed by atoms with van der Waals surface area (Å²) in [4.78, 5) is 54.4. The van der Waals surface area contributed by atoms with E-state index in [-0.39, 0.29) is 12.4 Å². The van der Waals surface area contributed by atoms with Crippen LogP contribution in [0.5, 0.6) is 0 Å². The molecule has 37 heavy (non-hydrogen) atoms. The van der Waals surface area contributed by atoms with Crippen molar-refractivity contribution in [1.82, 2.24) is 0 Å². The molecular formula is C26H45ClO10. The van der Waals surface area contributed by atoms with Crippen LogP contribution < -0.4 is 0 Å². The first-order valence-corrected chi connectivity index (χ1v) is 11.9. The molecule has 1 rings (SSSR count). The predicted molar refractivity (Wildman–Crippen MR) is 137 cm³/mol. The number of aliphatic hydroxyl groups excluding tert-OH is 2. The highest BCUT2D eigenvalue weighted by atomic mass is 35.5. The third-order valence-corrected chi connectivity index (χ3v) is 6.51. The molecule has 0 amide bonds. The van der Waals surface area contributed by atoms with Crippen LogP contribution in [0.25, 0.3) is 0 Å². The maximum Gasteiger partial charge on any atom is 0.214 e. The number of aliphatic hydroxyl groups is 5. The maximum atomic E-state index is 13.9. The van der Waals surface area contributed by atoms with Gasteiger partial charge in [0.15, 0.2) is 35.0 Å². The zero-order valence-electron chi connectivity index (χ0n) is 23.9. The standard InChI is InChI=1S/C26H44O10.ClH/c1-20(2,3)14(28)13(27)15-24(33,16(29)21(4,5)6)26(35,18(31)23(10,11)12)25(34,19(32)36-15)17(30)22(7,8)9;/h13,15,19,27,32-35H,1-12H3;1H/t13?,15-,19+,24+,25+,26+;/m1./s1. The Morgan fingerprint density at radius 3 is 1.27 bits per heavy atom. The fourth-order valence-corrected chi connectivity index (χ4v) is 4.50. The van der Waals surface area contributed by atoms with Gasteiger partial charge in [0.2, 0.25) is 11.2 Å². The van der Waals surface area contributed by atoms with Crippen molar-refractivity contribution >= 4 is 35.5 Å². The molecule has 1 unspecified atom stereocenters. The molecule has 1 heterocycles. The van der Waals surface area contributed by atoms with Gasteiger partial charge in [0.05, 0.1) is 0 Å². The molecule has 5 N–H and O–H groups in total. The minimum Gasteiger partial charge on any atom is -0.382 e. The number of halogens is 1. The number of hydrogen-bond acceptors (Lipinski definition) is 10. The van der Waals surface area contributed by atoms with Gasteiger partial charge in [-0.3, -0.25) is 19.2 Å². The normalized spacial score (nSPS) is 32.2. The van der Waals surface area contributed by atoms with Gasteiger partial charge in [-0.15, -0.1) is 12.4 Å². The number of rotatable bonds is 5. The summed E-state index contributed by atoms with van der Waals surface area (Å²) in [7, 11) is 0. The molecule has 0 saturated carbocycles. The van der Waals surface area contributed by atoms with E-state index < -0.39 is 80.1 Å². The van der Waals surface area contributed by atoms with Crippen molar-refractivity contribution in [3.8, 4) is 0 Å². The molecule has 0 bridgehead atoms. The summed E-state index contributed by atoms with van der Waals surface area (Å²) in [5, 5.41) is 58.2. The van der Waals surface area contributed by atoms with Gasteiger partial charge in [0.25, 0.3) is 0 Å². The second kappa shape index (κ2) is 10.0. The third-order valence-electron chi connectivity index (χ3n) is 6.51. The van der Waals surface area contributed by atoms with Crippen molar-refractivity contribution in [3.63, 3.8) is 0 Å². The fourth-order valence-electron chi connectivity index (χ4n) is 4.50. The summed E-state index contributed by atoms with van der Waals surface area (Å²) in [6, 6.07) is 0. The number of carbonyl (C=O) groups is 4. The fraction of sp³-hybridized carbons (Fsp3) is 0.846. The van der Waals surface area contributed by atoms with E-state index in [1.807, 2.05) is 0 Å². The van der Waals surface area contributed by atoms with Crippen LogP contribution in [0, 0.1) is 21.7 Å². The quantitative estimate of drug-likeness (QED) is 0.332. The van der Waals surface area contributed by atoms with E-state index in [0.717, 1.165) is 0 Å². The predicted octanol–water partition coefficient (Wildman–Crippen LogP) is 1.14. The zero-order valence-corrected chi connectivity index (χ0v) is 24.7. The van der Waals surface area contributed by atoms with Gasteiger partial charge in [0, 0.05) is 21.7 Å². The lowest BCUT2D eigenvalue weighted by Crippen LogP contribution is -2.89. The second-order valence-electron chi connectivity index (χ2n) is 13.9. The van der Waals surface area contributed by atoms with Gasteiger partial charge in [0.1, 0.15) is 12.2 Å². The molecule has 11 heteroatoms. The van der Waals surface area contributed by atoms with Gasteiger partial charge in [-0.25, -0.2) is 0 Å². The van der Waals surface area contributed by atoms with E-state index >= 15 is 0 Å². The lowest BCUT2D eigenvalue weighted by molar-refractivity contribution is -0.369. The number of carbonyl (C=O) groups excluding carboxylic acids is 4. The Hall–Kier alpha value is -1.27. The smallest absolute Gasteiger partial charge is 0.214 e. The van der Waals surface area contributed by atoms with Crippen molar-refractivity contribution in [2.24, 2.45) is 21.7 Å². The first-order chi connectivity index (χ1) is 15.5. The van der Waals surface area contributed by atoms with Gasteiger partial charge >= 0.3 is 0 Å². The molecular weight excluding hydrogens is 508 g/mol. The largest absolute Gasteiger partial charge is 0.382 e. The third kappa shape index (κ3) is 5.44. The van der Waals surface area contributed by atoms with Crippen LogP contribution in [0.1, 0.15) is 83.1 Å². The van der Waals surface area contributed by atoms with Crippen LogP contribution in [-0.4, -0.2) is 84.0 Å². The number of ether oxygens (including phenoxy) is 1. The van der Waals surface area contributed by atoms with Crippen LogP contribution in [0.3, 0.4) is 0 Å². The van der Waals surface area contributed by atoms with E-state index in [2.05, 4.69) is 0 Å². The highest BCUT2D eigenvalue weighted by molar-refractivity contribution is 6.10. The summed E-state index contributed by atoms with van der Waals surface area (Å²) in [5.74, 6) is -4.93. The minimum atomic E-state index is -3.74. The monoisotopic (exact) mass is 552 g/mol. The topological polar surface area (TPSA) is 179 Å². The number of Topliss-reactive ketones (excluding diaryl/α,β-unsaturated/α-hetero) is 4. The molecule has 1 aliphatic heterocycles. The number of ketones is 4. The Morgan fingerprint density at radius 1 is 0.649 bits per heavy atom. The molecule has 6 atom stereocenters. The highest BCUT2D eigenvalue weighted by Gasteiger charge is 2.83. The molecule has 0 spiro atoms. The first-order valence-electron chi connectivity index (χ1n) is 11.9. The Morgan fingerprint density at radius 2 is 0.973 bits per heavy atom. The Balaban J connectivity index is 0.0000130. The van der Waals surface area contributed by atoms with E-state index in [4.69, 9.17) is 4.74 Å². The Bertz CT molecular complexity index is 933. The van der Waals surface area contributed by atoms with Gasteiger partial charge in [-0.05, 0) is 0 Å². The molecule has 0 aliphatic carbocycles. The van der Waals surface area contributed by atoms with Crippen LogP contribution in [-0.2, 0) is 23.9 Å². The zero-order chi connectivity index (χ0) is 29.2. The van der Waals surface area contributed by atoms with E-state index in [1.165, 1.54) is 83.1 Å². The van der Waals surface area contributed by atoms with Crippen LogP contribution in [0.15, 0.2) is 0 Å². The second-order valence-corrected chi connectivity index (χ2v) is 13.9. The van der Waals surface area contributed by atoms with Crippen LogP contribution in [0.4, 0.5) is 0 Å². The number of hydrogen-bond donors (Lipinski definition) is 5. The van der Waals surface area contributed by atoms with Gasteiger partial charge in [-0.1, -0.05) is 83.1 Å². The molecule has 1 fully saturated rings. The average molecular weight is 553 g/mol. The van der Waals surface area contributed by atoms with Gasteiger partial charge in [-0.2, -0.15) is 0 Å². The molecule has 0 aromatic carbocycles. The average Bonchev–Trinajstić information content (AvgIpc) is 2.69. The maximum absolute atomic E-state index is 13.9. The van der Waals surface area contributed by atoms with Crippen LogP contribution in [0.2, 0.25) is 0 Å². The molecule has 0 radical (unpaired) electrons. The van der Waals surface area contributed by atoms with Crippen molar-refractivity contribution < 1.29 is 49.4 Å². The van der Waals surface area contributed by atoms with E-state index in [1.54, 1.807) is 0 Å². The van der Waals surface area contributed by atoms with Crippen molar-refractivity contribution in [2.45, 2.75) is 118 Å². The summed E-state index contributed by atoms with van der Waals surface area (Å²) >= 11 is 0. The molecule has 1 saturated heterocycles.